The van der Waals surface area contributed by atoms with Gasteiger partial charge in [-0.2, -0.15) is 11.8 Å². The fourth-order valence-electron chi connectivity index (χ4n) is 3.27. The molecule has 3 rings (SSSR count). The van der Waals surface area contributed by atoms with E-state index in [0.717, 1.165) is 43.2 Å². The first-order valence-corrected chi connectivity index (χ1v) is 10.4. The van der Waals surface area contributed by atoms with Gasteiger partial charge in [0.2, 0.25) is 5.91 Å². The zero-order chi connectivity index (χ0) is 18.7. The van der Waals surface area contributed by atoms with Crippen molar-refractivity contribution in [3.05, 3.63) is 11.8 Å². The number of rotatable bonds is 2. The molecule has 3 heterocycles. The molecular weight excluding hydrogens is 352 g/mol. The number of nitrogens with zero attached hydrogens (tertiary/aromatic N) is 3. The van der Waals surface area contributed by atoms with Gasteiger partial charge in [-0.25, -0.2) is 4.79 Å². The van der Waals surface area contributed by atoms with Gasteiger partial charge in [0.05, 0.1) is 0 Å². The Morgan fingerprint density at radius 2 is 1.96 bits per heavy atom. The molecule has 7 nitrogen and oxygen atoms in total. The number of anilines is 1. The minimum absolute atomic E-state index is 0.0133. The molecule has 26 heavy (non-hydrogen) atoms. The van der Waals surface area contributed by atoms with Crippen LogP contribution in [0.5, 0.6) is 0 Å². The highest BCUT2D eigenvalue weighted by Crippen LogP contribution is 2.26. The zero-order valence-corrected chi connectivity index (χ0v) is 16.6. The third kappa shape index (κ3) is 4.34. The molecule has 8 heteroatoms. The van der Waals surface area contributed by atoms with Crippen LogP contribution in [0.3, 0.4) is 0 Å². The fraction of sp³-hybridized carbons (Fsp3) is 0.722. The van der Waals surface area contributed by atoms with E-state index in [-0.39, 0.29) is 17.4 Å². The first-order chi connectivity index (χ1) is 12.4. The normalized spacial score (nSPS) is 21.6. The summed E-state index contributed by atoms with van der Waals surface area (Å²) in [5.74, 6) is 2.87. The summed E-state index contributed by atoms with van der Waals surface area (Å²) in [6.07, 6.45) is 2.57. The summed E-state index contributed by atoms with van der Waals surface area (Å²) in [5, 5.41) is 6.79. The van der Waals surface area contributed by atoms with Crippen LogP contribution in [0.2, 0.25) is 0 Å². The van der Waals surface area contributed by atoms with Gasteiger partial charge in [-0.1, -0.05) is 25.9 Å². The number of amides is 3. The Labute approximate surface area is 158 Å². The van der Waals surface area contributed by atoms with E-state index in [1.54, 1.807) is 11.0 Å². The average Bonchev–Trinajstić information content (AvgIpc) is 3.11. The van der Waals surface area contributed by atoms with Crippen LogP contribution in [-0.2, 0) is 10.2 Å². The Hall–Kier alpha value is -1.70. The third-order valence-electron chi connectivity index (χ3n) is 4.83. The van der Waals surface area contributed by atoms with Crippen molar-refractivity contribution in [2.24, 2.45) is 0 Å². The molecule has 3 amide bonds. The van der Waals surface area contributed by atoms with E-state index >= 15 is 0 Å². The number of nitrogens with one attached hydrogen (secondary N) is 1. The molecule has 1 aromatic heterocycles. The lowest BCUT2D eigenvalue weighted by molar-refractivity contribution is -0.121. The molecule has 2 aliphatic rings. The topological polar surface area (TPSA) is 78.7 Å². The van der Waals surface area contributed by atoms with Gasteiger partial charge in [0.15, 0.2) is 5.82 Å². The van der Waals surface area contributed by atoms with Gasteiger partial charge in [-0.15, -0.1) is 0 Å². The van der Waals surface area contributed by atoms with Crippen molar-refractivity contribution in [1.29, 1.82) is 0 Å². The van der Waals surface area contributed by atoms with E-state index < -0.39 is 6.04 Å². The first-order valence-electron chi connectivity index (χ1n) is 9.27. The van der Waals surface area contributed by atoms with Crippen molar-refractivity contribution in [1.82, 2.24) is 15.0 Å². The van der Waals surface area contributed by atoms with E-state index in [0.29, 0.717) is 18.8 Å². The lowest BCUT2D eigenvalue weighted by Crippen LogP contribution is -2.55. The van der Waals surface area contributed by atoms with Crippen LogP contribution in [0.1, 0.15) is 45.8 Å². The highest BCUT2D eigenvalue weighted by molar-refractivity contribution is 7.99. The lowest BCUT2D eigenvalue weighted by atomic mass is 9.93. The highest BCUT2D eigenvalue weighted by Gasteiger charge is 2.35. The van der Waals surface area contributed by atoms with E-state index in [9.17, 15) is 9.59 Å². The van der Waals surface area contributed by atoms with Crippen LogP contribution < -0.4 is 5.32 Å². The van der Waals surface area contributed by atoms with Crippen LogP contribution in [0.15, 0.2) is 10.6 Å². The Bertz CT molecular complexity index is 649. The molecule has 2 saturated heterocycles. The van der Waals surface area contributed by atoms with E-state index in [1.807, 2.05) is 37.4 Å². The number of hydrogen-bond donors (Lipinski definition) is 1. The molecule has 1 N–H and O–H groups in total. The number of urea groups is 1. The molecule has 144 valence electrons. The number of hydrogen-bond acceptors (Lipinski definition) is 5. The van der Waals surface area contributed by atoms with Gasteiger partial charge in [0, 0.05) is 42.6 Å². The number of carbonyl (C=O) groups excluding carboxylic acids is 2. The summed E-state index contributed by atoms with van der Waals surface area (Å²) in [4.78, 5) is 29.3. The predicted octanol–water partition coefficient (Wildman–Crippen LogP) is 2.93. The summed E-state index contributed by atoms with van der Waals surface area (Å²) >= 11 is 1.87. The SMILES string of the molecule is CC(C)(C)c1cc(NC(=O)[C@@H]2CCCCN2C(=O)N2CCSCC2)no1. The first kappa shape index (κ1) is 19.1. The maximum atomic E-state index is 12.9. The molecule has 0 radical (unpaired) electrons. The average molecular weight is 381 g/mol. The van der Waals surface area contributed by atoms with Crippen LogP contribution >= 0.6 is 11.8 Å². The summed E-state index contributed by atoms with van der Waals surface area (Å²) in [7, 11) is 0. The minimum Gasteiger partial charge on any atom is -0.359 e. The molecular formula is C18H28N4O3S. The van der Waals surface area contributed by atoms with Crippen molar-refractivity contribution in [3.63, 3.8) is 0 Å². The molecule has 2 aliphatic heterocycles. The highest BCUT2D eigenvalue weighted by atomic mass is 32.2. The number of thioether (sulfide) groups is 1. The number of likely N-dealkylation sites (tertiary alicyclic amines) is 1. The molecule has 0 aliphatic carbocycles. The van der Waals surface area contributed by atoms with Gasteiger partial charge in [-0.3, -0.25) is 4.79 Å². The van der Waals surface area contributed by atoms with Gasteiger partial charge >= 0.3 is 6.03 Å². The molecule has 0 aromatic carbocycles. The van der Waals surface area contributed by atoms with Gasteiger partial charge < -0.3 is 19.6 Å². The standard InChI is InChI=1S/C18H28N4O3S/c1-18(2,3)14-12-15(20-25-14)19-16(23)13-6-4-5-7-22(13)17(24)21-8-10-26-11-9-21/h12-13H,4-11H2,1-3H3,(H,19,20,23)/t13-/m0/s1. The van der Waals surface area contributed by atoms with E-state index in [1.165, 1.54) is 0 Å². The monoisotopic (exact) mass is 380 g/mol. The second-order valence-corrected chi connectivity index (χ2v) is 9.13. The van der Waals surface area contributed by atoms with Crippen molar-refractivity contribution in [2.45, 2.75) is 51.5 Å². The largest absolute Gasteiger partial charge is 0.359 e. The number of piperidine rings is 1. The maximum absolute atomic E-state index is 12.9. The van der Waals surface area contributed by atoms with Gasteiger partial charge in [0.1, 0.15) is 11.8 Å². The molecule has 0 unspecified atom stereocenters. The van der Waals surface area contributed by atoms with Gasteiger partial charge in [0.25, 0.3) is 0 Å². The van der Waals surface area contributed by atoms with Crippen molar-refractivity contribution < 1.29 is 14.1 Å². The smallest absolute Gasteiger partial charge is 0.320 e. The Balaban J connectivity index is 1.67. The molecule has 1 atom stereocenters. The maximum Gasteiger partial charge on any atom is 0.320 e. The van der Waals surface area contributed by atoms with Crippen molar-refractivity contribution in [3.8, 4) is 0 Å². The van der Waals surface area contributed by atoms with E-state index in [2.05, 4.69) is 10.5 Å². The second-order valence-electron chi connectivity index (χ2n) is 7.90. The number of carbonyl (C=O) groups is 2. The number of aromatic nitrogens is 1. The summed E-state index contributed by atoms with van der Waals surface area (Å²) in [6.45, 7) is 8.22. The Morgan fingerprint density at radius 3 is 2.62 bits per heavy atom. The van der Waals surface area contributed by atoms with E-state index in [4.69, 9.17) is 4.52 Å². The van der Waals surface area contributed by atoms with Crippen LogP contribution in [0, 0.1) is 0 Å². The predicted molar refractivity (Wildman–Crippen MR) is 102 cm³/mol. The van der Waals surface area contributed by atoms with Gasteiger partial charge in [-0.05, 0) is 19.3 Å². The summed E-state index contributed by atoms with van der Waals surface area (Å²) < 4.78 is 5.33. The minimum atomic E-state index is -0.444. The zero-order valence-electron chi connectivity index (χ0n) is 15.8. The van der Waals surface area contributed by atoms with Crippen LogP contribution in [-0.4, -0.2) is 64.1 Å². The Kier molecular flexibility index (Phi) is 5.79. The summed E-state index contributed by atoms with van der Waals surface area (Å²) in [6, 6.07) is 1.30. The lowest BCUT2D eigenvalue weighted by Gasteiger charge is -2.39. The molecule has 0 spiro atoms. The third-order valence-corrected chi connectivity index (χ3v) is 5.78. The van der Waals surface area contributed by atoms with Crippen molar-refractivity contribution in [2.75, 3.05) is 36.5 Å². The quantitative estimate of drug-likeness (QED) is 0.853. The molecule has 2 fully saturated rings. The van der Waals surface area contributed by atoms with Crippen LogP contribution in [0.25, 0.3) is 0 Å². The molecule has 0 saturated carbocycles. The van der Waals surface area contributed by atoms with Crippen LogP contribution in [0.4, 0.5) is 10.6 Å². The Morgan fingerprint density at radius 1 is 1.23 bits per heavy atom. The second kappa shape index (κ2) is 7.90. The molecule has 0 bridgehead atoms. The fourth-order valence-corrected chi connectivity index (χ4v) is 4.17. The molecule has 1 aromatic rings. The van der Waals surface area contributed by atoms with Crippen molar-refractivity contribution >= 4 is 29.5 Å². The summed E-state index contributed by atoms with van der Waals surface area (Å²) in [5.41, 5.74) is -0.172.